The van der Waals surface area contributed by atoms with Gasteiger partial charge in [-0.15, -0.1) is 0 Å². The Kier molecular flexibility index (Phi) is 6.64. The van der Waals surface area contributed by atoms with Crippen molar-refractivity contribution in [2.45, 2.75) is 32.1 Å². The Labute approximate surface area is 161 Å². The van der Waals surface area contributed by atoms with Gasteiger partial charge in [-0.05, 0) is 26.3 Å². The molecule has 27 heavy (non-hydrogen) atoms. The zero-order valence-corrected chi connectivity index (χ0v) is 17.5. The number of imidazole rings is 1. The first-order valence-electron chi connectivity index (χ1n) is 8.92. The molecule has 0 saturated carbocycles. The minimum atomic E-state index is -3.20. The van der Waals surface area contributed by atoms with Crippen LogP contribution in [0.5, 0.6) is 0 Å². The lowest BCUT2D eigenvalue weighted by Gasteiger charge is -2.24. The van der Waals surface area contributed by atoms with E-state index in [4.69, 9.17) is 0 Å². The molecule has 0 unspecified atom stereocenters. The predicted octanol–water partition coefficient (Wildman–Crippen LogP) is 2.30. The van der Waals surface area contributed by atoms with Crippen LogP contribution >= 0.6 is 0 Å². The van der Waals surface area contributed by atoms with Gasteiger partial charge in [-0.3, -0.25) is 4.99 Å². The molecule has 8 heteroatoms. The maximum atomic E-state index is 11.9. The summed E-state index contributed by atoms with van der Waals surface area (Å²) in [6.45, 7) is 6.76. The number of aromatic amines is 1. The van der Waals surface area contributed by atoms with Gasteiger partial charge < -0.3 is 15.2 Å². The van der Waals surface area contributed by atoms with Gasteiger partial charge >= 0.3 is 0 Å². The van der Waals surface area contributed by atoms with Crippen molar-refractivity contribution in [3.63, 3.8) is 0 Å². The first-order chi connectivity index (χ1) is 12.6. The highest BCUT2D eigenvalue weighted by Crippen LogP contribution is 2.17. The van der Waals surface area contributed by atoms with Gasteiger partial charge in [-0.25, -0.2) is 13.4 Å². The Morgan fingerprint density at radius 2 is 1.96 bits per heavy atom. The zero-order chi connectivity index (χ0) is 20.1. The lowest BCUT2D eigenvalue weighted by Crippen LogP contribution is -2.41. The van der Waals surface area contributed by atoms with E-state index >= 15 is 0 Å². The molecule has 1 aromatic carbocycles. The van der Waals surface area contributed by atoms with E-state index < -0.39 is 14.6 Å². The Bertz CT molecular complexity index is 873. The van der Waals surface area contributed by atoms with E-state index in [2.05, 4.69) is 20.3 Å². The van der Waals surface area contributed by atoms with Crippen LogP contribution in [0.25, 0.3) is 11.3 Å². The summed E-state index contributed by atoms with van der Waals surface area (Å²) >= 11 is 0. The van der Waals surface area contributed by atoms with E-state index in [1.165, 1.54) is 6.26 Å². The number of H-pyrrole nitrogens is 1. The Hall–Kier alpha value is -2.35. The number of hydrogen-bond donors (Lipinski definition) is 2. The van der Waals surface area contributed by atoms with Crippen LogP contribution in [0.3, 0.4) is 0 Å². The summed E-state index contributed by atoms with van der Waals surface area (Å²) in [6.07, 6.45) is 3.06. The van der Waals surface area contributed by atoms with Crippen LogP contribution in [0.4, 0.5) is 0 Å². The number of sulfone groups is 1. The van der Waals surface area contributed by atoms with Crippen LogP contribution in [0.1, 0.15) is 26.6 Å². The molecule has 0 aliphatic heterocycles. The lowest BCUT2D eigenvalue weighted by molar-refractivity contribution is 0.461. The van der Waals surface area contributed by atoms with Crippen molar-refractivity contribution in [1.82, 2.24) is 20.2 Å². The third-order valence-electron chi connectivity index (χ3n) is 4.41. The smallest absolute Gasteiger partial charge is 0.194 e. The highest BCUT2D eigenvalue weighted by Gasteiger charge is 2.30. The second kappa shape index (κ2) is 8.56. The number of hydrogen-bond acceptors (Lipinski definition) is 4. The summed E-state index contributed by atoms with van der Waals surface area (Å²) in [4.78, 5) is 14.2. The van der Waals surface area contributed by atoms with E-state index in [0.29, 0.717) is 19.0 Å². The van der Waals surface area contributed by atoms with Crippen molar-refractivity contribution in [2.75, 3.05) is 26.4 Å². The molecule has 2 aromatic rings. The van der Waals surface area contributed by atoms with Gasteiger partial charge in [0.1, 0.15) is 5.82 Å². The van der Waals surface area contributed by atoms with Crippen molar-refractivity contribution in [3.8, 4) is 11.3 Å². The predicted molar refractivity (Wildman–Crippen MR) is 110 cm³/mol. The molecule has 0 radical (unpaired) electrons. The van der Waals surface area contributed by atoms with E-state index in [9.17, 15) is 8.42 Å². The van der Waals surface area contributed by atoms with Crippen molar-refractivity contribution in [3.05, 3.63) is 42.4 Å². The first kappa shape index (κ1) is 21.0. The fraction of sp³-hybridized carbons (Fsp3) is 0.474. The van der Waals surface area contributed by atoms with Crippen LogP contribution in [-0.2, 0) is 16.4 Å². The van der Waals surface area contributed by atoms with Gasteiger partial charge in [0.2, 0.25) is 0 Å². The molecule has 2 rings (SSSR count). The SMILES string of the molecule is CCNC(=NCC(C)(C)S(C)(=O)=O)N(C)Cc1ncc(-c2ccccc2)[nH]1. The van der Waals surface area contributed by atoms with Crippen LogP contribution in [0.2, 0.25) is 0 Å². The van der Waals surface area contributed by atoms with Gasteiger partial charge in [0.25, 0.3) is 0 Å². The summed E-state index contributed by atoms with van der Waals surface area (Å²) in [5.41, 5.74) is 2.04. The largest absolute Gasteiger partial charge is 0.357 e. The van der Waals surface area contributed by atoms with Gasteiger partial charge in [-0.2, -0.15) is 0 Å². The number of aromatic nitrogens is 2. The number of guanidine groups is 1. The molecule has 0 spiro atoms. The van der Waals surface area contributed by atoms with Crippen LogP contribution in [0.15, 0.2) is 41.5 Å². The fourth-order valence-electron chi connectivity index (χ4n) is 2.36. The number of rotatable bonds is 7. The van der Waals surface area contributed by atoms with Gasteiger partial charge in [0, 0.05) is 19.8 Å². The fourth-order valence-corrected chi connectivity index (χ4v) is 2.66. The zero-order valence-electron chi connectivity index (χ0n) is 16.7. The monoisotopic (exact) mass is 391 g/mol. The molecule has 1 aromatic heterocycles. The average Bonchev–Trinajstić information content (AvgIpc) is 3.06. The Morgan fingerprint density at radius 1 is 1.30 bits per heavy atom. The van der Waals surface area contributed by atoms with Crippen LogP contribution in [-0.4, -0.2) is 60.4 Å². The number of benzene rings is 1. The van der Waals surface area contributed by atoms with Gasteiger partial charge in [-0.1, -0.05) is 30.3 Å². The summed E-state index contributed by atoms with van der Waals surface area (Å²) in [5.74, 6) is 1.45. The average molecular weight is 392 g/mol. The van der Waals surface area contributed by atoms with Crippen LogP contribution < -0.4 is 5.32 Å². The lowest BCUT2D eigenvalue weighted by atomic mass is 10.2. The van der Waals surface area contributed by atoms with Crippen molar-refractivity contribution in [2.24, 2.45) is 4.99 Å². The molecule has 0 fully saturated rings. The molecule has 148 valence electrons. The van der Waals surface area contributed by atoms with Gasteiger partial charge in [0.05, 0.1) is 29.7 Å². The topological polar surface area (TPSA) is 90.4 Å². The Balaban J connectivity index is 2.12. The highest BCUT2D eigenvalue weighted by atomic mass is 32.2. The molecular formula is C19H29N5O2S. The molecule has 0 atom stereocenters. The van der Waals surface area contributed by atoms with E-state index in [1.807, 2.05) is 55.4 Å². The maximum absolute atomic E-state index is 11.9. The molecule has 0 saturated heterocycles. The second-order valence-electron chi connectivity index (χ2n) is 7.17. The number of nitrogens with one attached hydrogen (secondary N) is 2. The molecule has 0 aliphatic rings. The van der Waals surface area contributed by atoms with Crippen molar-refractivity contribution < 1.29 is 8.42 Å². The summed E-state index contributed by atoms with van der Waals surface area (Å²) in [6, 6.07) is 10.0. The van der Waals surface area contributed by atoms with Crippen LogP contribution in [0, 0.1) is 0 Å². The van der Waals surface area contributed by atoms with E-state index in [-0.39, 0.29) is 6.54 Å². The van der Waals surface area contributed by atoms with Crippen molar-refractivity contribution >= 4 is 15.8 Å². The number of aliphatic imine (C=N–C) groups is 1. The molecule has 0 amide bonds. The molecular weight excluding hydrogens is 362 g/mol. The van der Waals surface area contributed by atoms with E-state index in [1.54, 1.807) is 13.8 Å². The van der Waals surface area contributed by atoms with Gasteiger partial charge in [0.15, 0.2) is 15.8 Å². The van der Waals surface area contributed by atoms with E-state index in [0.717, 1.165) is 17.1 Å². The number of nitrogens with zero attached hydrogens (tertiary/aromatic N) is 3. The third kappa shape index (κ3) is 5.56. The third-order valence-corrected chi connectivity index (χ3v) is 6.55. The minimum Gasteiger partial charge on any atom is -0.357 e. The molecule has 2 N–H and O–H groups in total. The standard InChI is InChI=1S/C19H29N5O2S/c1-6-20-18(22-14-19(2,3)27(5,25)26)24(4)13-17-21-12-16(23-17)15-10-8-7-9-11-15/h7-12H,6,13-14H2,1-5H3,(H,20,22)(H,21,23). The molecule has 1 heterocycles. The first-order valence-corrected chi connectivity index (χ1v) is 10.8. The Morgan fingerprint density at radius 3 is 2.56 bits per heavy atom. The van der Waals surface area contributed by atoms with Crippen molar-refractivity contribution in [1.29, 1.82) is 0 Å². The molecule has 7 nitrogen and oxygen atoms in total. The normalized spacial score (nSPS) is 12.9. The minimum absolute atomic E-state index is 0.186. The highest BCUT2D eigenvalue weighted by molar-refractivity contribution is 7.92. The maximum Gasteiger partial charge on any atom is 0.194 e. The molecule has 0 aliphatic carbocycles. The summed E-state index contributed by atoms with van der Waals surface area (Å²) in [7, 11) is -1.29. The summed E-state index contributed by atoms with van der Waals surface area (Å²) in [5, 5.41) is 3.20. The summed E-state index contributed by atoms with van der Waals surface area (Å²) < 4.78 is 22.9. The quantitative estimate of drug-likeness (QED) is 0.558. The second-order valence-corrected chi connectivity index (χ2v) is 9.82. The molecule has 0 bridgehead atoms.